The average molecular weight is 455 g/mol. The smallest absolute Gasteiger partial charge is 0.211 e. The molecule has 0 bridgehead atoms. The van der Waals surface area contributed by atoms with Crippen LogP contribution in [0.15, 0.2) is 30.9 Å². The number of anilines is 1. The number of nitrogens with one attached hydrogen (secondary N) is 1. The number of nitrogens with zero attached hydrogens (tertiary/aromatic N) is 5. The van der Waals surface area contributed by atoms with Gasteiger partial charge in [-0.15, -0.1) is 0 Å². The van der Waals surface area contributed by atoms with E-state index in [4.69, 9.17) is 4.98 Å². The van der Waals surface area contributed by atoms with Gasteiger partial charge in [0.05, 0.1) is 17.6 Å². The summed E-state index contributed by atoms with van der Waals surface area (Å²) < 4.78 is 26.2. The monoisotopic (exact) mass is 454 g/mol. The summed E-state index contributed by atoms with van der Waals surface area (Å²) >= 11 is 0. The minimum atomic E-state index is -3.24. The summed E-state index contributed by atoms with van der Waals surface area (Å²) in [5, 5.41) is 1.11. The average Bonchev–Trinajstić information content (AvgIpc) is 3.20. The summed E-state index contributed by atoms with van der Waals surface area (Å²) in [6.07, 6.45) is 9.13. The number of sulfonamides is 1. The number of fused-ring (bicyclic) bond motifs is 2. The fourth-order valence-corrected chi connectivity index (χ4v) is 7.04. The quantitative estimate of drug-likeness (QED) is 0.653. The molecule has 2 atom stereocenters. The second kappa shape index (κ2) is 7.52. The van der Waals surface area contributed by atoms with Gasteiger partial charge >= 0.3 is 0 Å². The summed E-state index contributed by atoms with van der Waals surface area (Å²) in [5.74, 6) is 0.208. The Bertz CT molecular complexity index is 1270. The molecule has 0 aromatic carbocycles. The van der Waals surface area contributed by atoms with Crippen molar-refractivity contribution in [2.75, 3.05) is 17.7 Å². The lowest BCUT2D eigenvalue weighted by atomic mass is 9.80. The maximum Gasteiger partial charge on any atom is 0.211 e. The molecule has 5 heterocycles. The lowest BCUT2D eigenvalue weighted by molar-refractivity contribution is 0.152. The van der Waals surface area contributed by atoms with Gasteiger partial charge in [0.2, 0.25) is 10.0 Å². The molecule has 0 saturated carbocycles. The van der Waals surface area contributed by atoms with Crippen molar-refractivity contribution >= 4 is 26.7 Å². The molecule has 2 aliphatic heterocycles. The first-order valence-corrected chi connectivity index (χ1v) is 13.0. The Hall–Kier alpha value is -2.52. The van der Waals surface area contributed by atoms with Crippen molar-refractivity contribution in [3.8, 4) is 0 Å². The van der Waals surface area contributed by atoms with E-state index in [1.807, 2.05) is 26.2 Å². The van der Waals surface area contributed by atoms with Crippen LogP contribution < -0.4 is 4.90 Å². The van der Waals surface area contributed by atoms with Crippen molar-refractivity contribution in [3.05, 3.63) is 47.8 Å². The topological polar surface area (TPSA) is 95.1 Å². The fraction of sp³-hybridized carbons (Fsp3) is 0.522. The van der Waals surface area contributed by atoms with Crippen LogP contribution in [-0.4, -0.2) is 57.0 Å². The normalized spacial score (nSPS) is 23.9. The van der Waals surface area contributed by atoms with Crippen LogP contribution in [0.1, 0.15) is 56.5 Å². The Kier molecular flexibility index (Phi) is 5.01. The predicted octanol–water partition coefficient (Wildman–Crippen LogP) is 3.22. The van der Waals surface area contributed by atoms with Crippen molar-refractivity contribution in [2.24, 2.45) is 0 Å². The molecule has 5 rings (SSSR count). The second-order valence-corrected chi connectivity index (χ2v) is 11.7. The lowest BCUT2D eigenvalue weighted by Gasteiger charge is -2.44. The maximum absolute atomic E-state index is 12.3. The van der Waals surface area contributed by atoms with Crippen LogP contribution in [0.4, 0.5) is 5.69 Å². The zero-order chi connectivity index (χ0) is 22.7. The third kappa shape index (κ3) is 3.57. The van der Waals surface area contributed by atoms with Gasteiger partial charge in [-0.1, -0.05) is 0 Å². The molecule has 170 valence electrons. The largest absolute Gasteiger partial charge is 0.363 e. The molecule has 8 nitrogen and oxygen atoms in total. The van der Waals surface area contributed by atoms with Gasteiger partial charge < -0.3 is 9.88 Å². The fourth-order valence-electron chi connectivity index (χ4n) is 5.63. The number of H-pyrrole nitrogens is 1. The minimum absolute atomic E-state index is 0.208. The summed E-state index contributed by atoms with van der Waals surface area (Å²) in [4.78, 5) is 19.4. The molecule has 0 unspecified atom stereocenters. The van der Waals surface area contributed by atoms with E-state index < -0.39 is 15.6 Å². The van der Waals surface area contributed by atoms with Crippen LogP contribution in [-0.2, 0) is 23.0 Å². The molecule has 0 amide bonds. The summed E-state index contributed by atoms with van der Waals surface area (Å²) in [5.41, 5.74) is 4.99. The molecule has 1 N–H and O–H groups in total. The van der Waals surface area contributed by atoms with Gasteiger partial charge in [-0.3, -0.25) is 0 Å². The van der Waals surface area contributed by atoms with Gasteiger partial charge in [-0.2, -0.15) is 4.31 Å². The van der Waals surface area contributed by atoms with Crippen molar-refractivity contribution in [1.29, 1.82) is 0 Å². The van der Waals surface area contributed by atoms with E-state index in [1.54, 1.807) is 10.6 Å². The first kappa shape index (κ1) is 21.3. The van der Waals surface area contributed by atoms with Gasteiger partial charge in [0.15, 0.2) is 0 Å². The van der Waals surface area contributed by atoms with Crippen LogP contribution in [0.25, 0.3) is 11.0 Å². The second-order valence-electron chi connectivity index (χ2n) is 9.77. The molecular weight excluding hydrogens is 424 g/mol. The number of rotatable bonds is 3. The van der Waals surface area contributed by atoms with E-state index in [1.165, 1.54) is 11.8 Å². The third-order valence-electron chi connectivity index (χ3n) is 7.05. The zero-order valence-corrected chi connectivity index (χ0v) is 19.9. The molecule has 3 aromatic heterocycles. The number of pyridine rings is 1. The van der Waals surface area contributed by atoms with E-state index in [0.717, 1.165) is 53.9 Å². The SMILES string of the molecule is C[C@@H]1Cc2ncnc([C@H]3CCN(S(C)(=O)=O)C(C)(C)C3)c2CN1c1ccnc2[nH]ccc12. The Balaban J connectivity index is 1.50. The van der Waals surface area contributed by atoms with Crippen molar-refractivity contribution < 1.29 is 8.42 Å². The third-order valence-corrected chi connectivity index (χ3v) is 8.53. The maximum atomic E-state index is 12.3. The number of piperidine rings is 1. The Morgan fingerprint density at radius 2 is 2.00 bits per heavy atom. The van der Waals surface area contributed by atoms with Crippen LogP contribution in [0.2, 0.25) is 0 Å². The highest BCUT2D eigenvalue weighted by Crippen LogP contribution is 2.41. The zero-order valence-electron chi connectivity index (χ0n) is 19.0. The van der Waals surface area contributed by atoms with E-state index in [9.17, 15) is 8.42 Å². The molecule has 0 spiro atoms. The molecule has 0 radical (unpaired) electrons. The van der Waals surface area contributed by atoms with E-state index in [-0.39, 0.29) is 5.92 Å². The number of aromatic amines is 1. The molecule has 9 heteroatoms. The van der Waals surface area contributed by atoms with Gasteiger partial charge in [0.1, 0.15) is 12.0 Å². The molecular formula is C23H30N6O2S. The summed E-state index contributed by atoms with van der Waals surface area (Å²) in [7, 11) is -3.24. The van der Waals surface area contributed by atoms with Crippen LogP contribution in [0.3, 0.4) is 0 Å². The van der Waals surface area contributed by atoms with Gasteiger partial charge in [0.25, 0.3) is 0 Å². The first-order chi connectivity index (χ1) is 15.1. The summed E-state index contributed by atoms with van der Waals surface area (Å²) in [6.45, 7) is 7.52. The highest BCUT2D eigenvalue weighted by atomic mass is 32.2. The van der Waals surface area contributed by atoms with Crippen LogP contribution >= 0.6 is 0 Å². The Labute approximate surface area is 189 Å². The summed E-state index contributed by atoms with van der Waals surface area (Å²) in [6, 6.07) is 4.45. The predicted molar refractivity (Wildman–Crippen MR) is 125 cm³/mol. The molecule has 3 aromatic rings. The van der Waals surface area contributed by atoms with Gasteiger partial charge in [-0.25, -0.2) is 23.4 Å². The highest BCUT2D eigenvalue weighted by Gasteiger charge is 2.42. The first-order valence-electron chi connectivity index (χ1n) is 11.1. The van der Waals surface area contributed by atoms with Crippen molar-refractivity contribution in [1.82, 2.24) is 24.2 Å². The van der Waals surface area contributed by atoms with E-state index in [0.29, 0.717) is 12.6 Å². The Morgan fingerprint density at radius 3 is 2.75 bits per heavy atom. The minimum Gasteiger partial charge on any atom is -0.363 e. The van der Waals surface area contributed by atoms with Gasteiger partial charge in [0, 0.05) is 66.0 Å². The van der Waals surface area contributed by atoms with E-state index >= 15 is 0 Å². The molecule has 1 fully saturated rings. The van der Waals surface area contributed by atoms with Crippen LogP contribution in [0, 0.1) is 0 Å². The number of aromatic nitrogens is 4. The van der Waals surface area contributed by atoms with Crippen molar-refractivity contribution in [2.45, 2.75) is 64.1 Å². The van der Waals surface area contributed by atoms with Gasteiger partial charge in [-0.05, 0) is 45.7 Å². The molecule has 2 aliphatic rings. The van der Waals surface area contributed by atoms with Crippen LogP contribution in [0.5, 0.6) is 0 Å². The number of hydrogen-bond acceptors (Lipinski definition) is 6. The Morgan fingerprint density at radius 1 is 1.19 bits per heavy atom. The lowest BCUT2D eigenvalue weighted by Crippen LogP contribution is -2.52. The molecule has 1 saturated heterocycles. The number of hydrogen-bond donors (Lipinski definition) is 1. The standard InChI is InChI=1S/C23H30N6O2S/c1-15-11-19-18(13-28(15)20-6-9-25-22-17(20)5-8-24-22)21(27-14-26-19)16-7-10-29(32(4,30)31)23(2,3)12-16/h5-6,8-9,14-16H,7,10-13H2,1-4H3,(H,24,25)/t15-,16+/m1/s1. The highest BCUT2D eigenvalue weighted by molar-refractivity contribution is 7.88. The van der Waals surface area contributed by atoms with E-state index in [2.05, 4.69) is 38.9 Å². The van der Waals surface area contributed by atoms with Crippen molar-refractivity contribution in [3.63, 3.8) is 0 Å². The molecule has 0 aliphatic carbocycles. The molecule has 32 heavy (non-hydrogen) atoms.